The van der Waals surface area contributed by atoms with Gasteiger partial charge in [-0.15, -0.1) is 6.58 Å². The summed E-state index contributed by atoms with van der Waals surface area (Å²) in [5.74, 6) is 0. The van der Waals surface area contributed by atoms with Crippen LogP contribution in [0.25, 0.3) is 0 Å². The van der Waals surface area contributed by atoms with E-state index in [2.05, 4.69) is 32.7 Å². The summed E-state index contributed by atoms with van der Waals surface area (Å²) in [7, 11) is 0. The molecule has 1 N–H and O–H groups in total. The molecule has 0 aliphatic carbocycles. The highest BCUT2D eigenvalue weighted by molar-refractivity contribution is 4.70. The average Bonchev–Trinajstić information content (AvgIpc) is 2.04. The summed E-state index contributed by atoms with van der Waals surface area (Å²) < 4.78 is 5.63. The molecule has 0 amide bonds. The Kier molecular flexibility index (Phi) is 6.03. The zero-order valence-corrected chi connectivity index (χ0v) is 8.52. The molecular formula is C10H21NO. The summed E-state index contributed by atoms with van der Waals surface area (Å²) in [5, 5.41) is 3.19. The summed E-state index contributed by atoms with van der Waals surface area (Å²) in [6, 6.07) is 0. The highest BCUT2D eigenvalue weighted by Gasteiger charge is 2.13. The lowest BCUT2D eigenvalue weighted by atomic mass is 10.1. The van der Waals surface area contributed by atoms with Crippen LogP contribution in [-0.2, 0) is 4.74 Å². The molecule has 2 nitrogen and oxygen atoms in total. The van der Waals surface area contributed by atoms with Crippen LogP contribution in [0.15, 0.2) is 12.7 Å². The molecule has 0 rings (SSSR count). The summed E-state index contributed by atoms with van der Waals surface area (Å²) in [6.45, 7) is 12.5. The number of nitrogens with one attached hydrogen (secondary N) is 1. The van der Waals surface area contributed by atoms with E-state index < -0.39 is 0 Å². The normalized spacial score (nSPS) is 11.6. The Bertz CT molecular complexity index is 121. The van der Waals surface area contributed by atoms with Crippen LogP contribution in [0.1, 0.15) is 27.2 Å². The Labute approximate surface area is 76.0 Å². The lowest BCUT2D eigenvalue weighted by Crippen LogP contribution is -2.28. The molecule has 0 aromatic heterocycles. The van der Waals surface area contributed by atoms with Crippen molar-refractivity contribution in [1.82, 2.24) is 5.32 Å². The Morgan fingerprint density at radius 3 is 2.67 bits per heavy atom. The van der Waals surface area contributed by atoms with Crippen molar-refractivity contribution in [2.24, 2.45) is 0 Å². The van der Waals surface area contributed by atoms with Crippen molar-refractivity contribution in [3.8, 4) is 0 Å². The standard InChI is InChI=1S/C10H21NO/c1-5-7-11-8-9-12-10(3,4)6-2/h5,11H,1,6-9H2,2-4H3. The number of rotatable bonds is 7. The Balaban J connectivity index is 3.24. The topological polar surface area (TPSA) is 21.3 Å². The van der Waals surface area contributed by atoms with Gasteiger partial charge in [0.2, 0.25) is 0 Å². The molecule has 0 unspecified atom stereocenters. The third-order valence-electron chi connectivity index (χ3n) is 1.91. The first-order valence-corrected chi connectivity index (χ1v) is 4.58. The van der Waals surface area contributed by atoms with E-state index >= 15 is 0 Å². The summed E-state index contributed by atoms with van der Waals surface area (Å²) in [4.78, 5) is 0. The van der Waals surface area contributed by atoms with Crippen molar-refractivity contribution in [2.75, 3.05) is 19.7 Å². The zero-order valence-electron chi connectivity index (χ0n) is 8.52. The van der Waals surface area contributed by atoms with Crippen molar-refractivity contribution >= 4 is 0 Å². The fourth-order valence-electron chi connectivity index (χ4n) is 0.706. The zero-order chi connectivity index (χ0) is 9.45. The van der Waals surface area contributed by atoms with Crippen LogP contribution in [-0.4, -0.2) is 25.3 Å². The largest absolute Gasteiger partial charge is 0.374 e. The van der Waals surface area contributed by atoms with E-state index in [4.69, 9.17) is 4.74 Å². The minimum absolute atomic E-state index is 0.0237. The molecule has 2 heteroatoms. The molecule has 0 fully saturated rings. The fraction of sp³-hybridized carbons (Fsp3) is 0.800. The van der Waals surface area contributed by atoms with E-state index in [-0.39, 0.29) is 5.60 Å². The van der Waals surface area contributed by atoms with Crippen LogP contribution in [0.5, 0.6) is 0 Å². The monoisotopic (exact) mass is 171 g/mol. The van der Waals surface area contributed by atoms with Crippen molar-refractivity contribution < 1.29 is 4.74 Å². The lowest BCUT2D eigenvalue weighted by molar-refractivity contribution is -0.0177. The Hall–Kier alpha value is -0.340. The molecule has 0 heterocycles. The van der Waals surface area contributed by atoms with E-state index in [9.17, 15) is 0 Å². The predicted octanol–water partition coefficient (Wildman–Crippen LogP) is 1.97. The van der Waals surface area contributed by atoms with Crippen molar-refractivity contribution in [2.45, 2.75) is 32.8 Å². The molecule has 0 radical (unpaired) electrons. The molecule has 0 bridgehead atoms. The molecule has 0 aromatic carbocycles. The van der Waals surface area contributed by atoms with Crippen molar-refractivity contribution in [1.29, 1.82) is 0 Å². The van der Waals surface area contributed by atoms with Gasteiger partial charge in [-0.1, -0.05) is 13.0 Å². The summed E-state index contributed by atoms with van der Waals surface area (Å²) in [5.41, 5.74) is 0.0237. The molecule has 0 aliphatic heterocycles. The van der Waals surface area contributed by atoms with Gasteiger partial charge in [0.1, 0.15) is 0 Å². The molecule has 0 atom stereocenters. The highest BCUT2D eigenvalue weighted by Crippen LogP contribution is 2.12. The Morgan fingerprint density at radius 1 is 1.50 bits per heavy atom. The third-order valence-corrected chi connectivity index (χ3v) is 1.91. The molecule has 0 aliphatic rings. The van der Waals surface area contributed by atoms with Crippen LogP contribution in [0.3, 0.4) is 0 Å². The fourth-order valence-corrected chi connectivity index (χ4v) is 0.706. The maximum Gasteiger partial charge on any atom is 0.0624 e. The summed E-state index contributed by atoms with van der Waals surface area (Å²) in [6.07, 6.45) is 2.90. The van der Waals surface area contributed by atoms with Crippen LogP contribution in [0.4, 0.5) is 0 Å². The molecular weight excluding hydrogens is 150 g/mol. The number of hydrogen-bond donors (Lipinski definition) is 1. The molecule has 0 saturated heterocycles. The van der Waals surface area contributed by atoms with Crippen LogP contribution >= 0.6 is 0 Å². The molecule has 0 spiro atoms. The van der Waals surface area contributed by atoms with Gasteiger partial charge in [-0.3, -0.25) is 0 Å². The maximum atomic E-state index is 5.63. The number of ether oxygens (including phenoxy) is 1. The first-order chi connectivity index (χ1) is 5.62. The van der Waals surface area contributed by atoms with Crippen LogP contribution < -0.4 is 5.32 Å². The first kappa shape index (κ1) is 11.7. The second-order valence-electron chi connectivity index (χ2n) is 3.45. The third kappa shape index (κ3) is 6.38. The molecule has 0 aromatic rings. The van der Waals surface area contributed by atoms with Gasteiger partial charge in [-0.2, -0.15) is 0 Å². The molecule has 12 heavy (non-hydrogen) atoms. The number of hydrogen-bond acceptors (Lipinski definition) is 2. The Morgan fingerprint density at radius 2 is 2.17 bits per heavy atom. The van der Waals surface area contributed by atoms with Gasteiger partial charge >= 0.3 is 0 Å². The predicted molar refractivity (Wildman–Crippen MR) is 53.4 cm³/mol. The SMILES string of the molecule is C=CCNCCOC(C)(C)CC. The van der Waals surface area contributed by atoms with E-state index in [1.54, 1.807) is 0 Å². The van der Waals surface area contributed by atoms with Gasteiger partial charge in [0.15, 0.2) is 0 Å². The van der Waals surface area contributed by atoms with E-state index in [1.165, 1.54) is 0 Å². The van der Waals surface area contributed by atoms with Crippen LogP contribution in [0.2, 0.25) is 0 Å². The highest BCUT2D eigenvalue weighted by atomic mass is 16.5. The first-order valence-electron chi connectivity index (χ1n) is 4.58. The van der Waals surface area contributed by atoms with E-state index in [0.717, 1.165) is 26.1 Å². The lowest BCUT2D eigenvalue weighted by Gasteiger charge is -2.23. The van der Waals surface area contributed by atoms with Gasteiger partial charge in [-0.25, -0.2) is 0 Å². The van der Waals surface area contributed by atoms with Gasteiger partial charge in [0.05, 0.1) is 12.2 Å². The quantitative estimate of drug-likeness (QED) is 0.467. The van der Waals surface area contributed by atoms with Crippen molar-refractivity contribution in [3.05, 3.63) is 12.7 Å². The van der Waals surface area contributed by atoms with E-state index in [0.29, 0.717) is 0 Å². The van der Waals surface area contributed by atoms with Gasteiger partial charge in [0.25, 0.3) is 0 Å². The molecule has 72 valence electrons. The van der Waals surface area contributed by atoms with Gasteiger partial charge in [0, 0.05) is 13.1 Å². The maximum absolute atomic E-state index is 5.63. The van der Waals surface area contributed by atoms with E-state index in [1.807, 2.05) is 6.08 Å². The average molecular weight is 171 g/mol. The van der Waals surface area contributed by atoms with Gasteiger partial charge in [-0.05, 0) is 20.3 Å². The second-order valence-corrected chi connectivity index (χ2v) is 3.45. The molecule has 0 saturated carbocycles. The van der Waals surface area contributed by atoms with Crippen LogP contribution in [0, 0.1) is 0 Å². The minimum Gasteiger partial charge on any atom is -0.374 e. The minimum atomic E-state index is 0.0237. The van der Waals surface area contributed by atoms with Gasteiger partial charge < -0.3 is 10.1 Å². The smallest absolute Gasteiger partial charge is 0.0624 e. The second kappa shape index (κ2) is 6.21. The van der Waals surface area contributed by atoms with Crippen molar-refractivity contribution in [3.63, 3.8) is 0 Å². The summed E-state index contributed by atoms with van der Waals surface area (Å²) >= 11 is 0.